The number of carbonyl (C=O) groups excluding carboxylic acids is 4. The van der Waals surface area contributed by atoms with E-state index in [0.717, 1.165) is 16.2 Å². The monoisotopic (exact) mass is 464 g/mol. The molecule has 1 N–H and O–H groups in total. The van der Waals surface area contributed by atoms with Gasteiger partial charge in [-0.3, -0.25) is 29.4 Å². The van der Waals surface area contributed by atoms with Gasteiger partial charge in [0.05, 0.1) is 6.54 Å². The minimum absolute atomic E-state index is 0.0850. The molecule has 0 bridgehead atoms. The van der Waals surface area contributed by atoms with E-state index in [1.54, 1.807) is 4.90 Å². The molecule has 2 aromatic rings. The Morgan fingerprint density at radius 1 is 1.15 bits per heavy atom. The lowest BCUT2D eigenvalue weighted by molar-refractivity contribution is -0.150. The summed E-state index contributed by atoms with van der Waals surface area (Å²) in [6, 6.07) is 6.75. The maximum Gasteiger partial charge on any atom is 0.278 e. The molecule has 1 fully saturated rings. The molecule has 0 saturated carbocycles. The lowest BCUT2D eigenvalue weighted by Crippen LogP contribution is -2.55. The molecule has 5 rings (SSSR count). The molecule has 34 heavy (non-hydrogen) atoms. The summed E-state index contributed by atoms with van der Waals surface area (Å²) in [5, 5.41) is 6.30. The topological polar surface area (TPSA) is 129 Å². The van der Waals surface area contributed by atoms with E-state index in [9.17, 15) is 19.2 Å². The normalized spacial score (nSPS) is 20.7. The summed E-state index contributed by atoms with van der Waals surface area (Å²) in [6.07, 6.45) is 1.34. The highest BCUT2D eigenvalue weighted by molar-refractivity contribution is 6.21. The average Bonchev–Trinajstić information content (AvgIpc) is 3.38. The van der Waals surface area contributed by atoms with Crippen LogP contribution in [0.2, 0.25) is 0 Å². The van der Waals surface area contributed by atoms with Crippen LogP contribution < -0.4 is 10.2 Å². The number of nitrogens with one attached hydrogen (secondary N) is 1. The van der Waals surface area contributed by atoms with Gasteiger partial charge >= 0.3 is 0 Å². The highest BCUT2D eigenvalue weighted by Crippen LogP contribution is 2.34. The van der Waals surface area contributed by atoms with E-state index in [1.807, 2.05) is 43.3 Å². The fourth-order valence-electron chi connectivity index (χ4n) is 4.58. The summed E-state index contributed by atoms with van der Waals surface area (Å²) in [5.74, 6) is -1.25. The van der Waals surface area contributed by atoms with Crippen LogP contribution >= 0.6 is 0 Å². The number of aromatic nitrogens is 2. The molecule has 11 heteroatoms. The first-order valence-corrected chi connectivity index (χ1v) is 11.1. The summed E-state index contributed by atoms with van der Waals surface area (Å²) in [7, 11) is 3.89. The van der Waals surface area contributed by atoms with Gasteiger partial charge in [-0.25, -0.2) is 0 Å². The number of benzene rings is 1. The molecule has 3 aliphatic rings. The summed E-state index contributed by atoms with van der Waals surface area (Å²) in [6.45, 7) is 0.705. The molecule has 1 atom stereocenters. The molecule has 4 heterocycles. The lowest BCUT2D eigenvalue weighted by Gasteiger charge is -2.29. The molecule has 0 spiro atoms. The Morgan fingerprint density at radius 3 is 2.74 bits per heavy atom. The average molecular weight is 464 g/mol. The van der Waals surface area contributed by atoms with Crippen molar-refractivity contribution < 1.29 is 23.7 Å². The Bertz CT molecular complexity index is 1230. The first-order valence-electron chi connectivity index (χ1n) is 11.1. The minimum atomic E-state index is -0.982. The second kappa shape index (κ2) is 8.40. The van der Waals surface area contributed by atoms with E-state index in [0.29, 0.717) is 36.7 Å². The summed E-state index contributed by atoms with van der Waals surface area (Å²) in [4.78, 5) is 59.4. The van der Waals surface area contributed by atoms with Gasteiger partial charge in [0, 0.05) is 43.9 Å². The zero-order chi connectivity index (χ0) is 24.0. The quantitative estimate of drug-likeness (QED) is 0.640. The van der Waals surface area contributed by atoms with Crippen molar-refractivity contribution in [2.24, 2.45) is 0 Å². The van der Waals surface area contributed by atoms with E-state index in [2.05, 4.69) is 15.5 Å². The van der Waals surface area contributed by atoms with Crippen molar-refractivity contribution in [1.29, 1.82) is 0 Å². The van der Waals surface area contributed by atoms with Gasteiger partial charge in [-0.1, -0.05) is 17.3 Å². The van der Waals surface area contributed by atoms with Gasteiger partial charge in [-0.2, -0.15) is 4.98 Å². The summed E-state index contributed by atoms with van der Waals surface area (Å²) < 4.78 is 5.45. The standard InChI is InChI=1S/C23H24N6O5/c1-27(2)14-6-3-5-13(11-14)20-25-18(34-26-20)12-28-10-4-7-15-19(28)23(33)29(22(15)32)16-8-9-17(30)24-21(16)31/h3,5-6,11,16H,4,7-10,12H2,1-2H3,(H,24,30,31). The first-order chi connectivity index (χ1) is 16.3. The van der Waals surface area contributed by atoms with E-state index in [1.165, 1.54) is 0 Å². The highest BCUT2D eigenvalue weighted by Gasteiger charge is 2.48. The van der Waals surface area contributed by atoms with Gasteiger partial charge in [-0.15, -0.1) is 0 Å². The third kappa shape index (κ3) is 3.72. The Kier molecular flexibility index (Phi) is 5.39. The molecule has 1 saturated heterocycles. The third-order valence-electron chi connectivity index (χ3n) is 6.29. The molecule has 0 aliphatic carbocycles. The van der Waals surface area contributed by atoms with Crippen LogP contribution in [0.25, 0.3) is 11.4 Å². The Labute approximate surface area is 195 Å². The van der Waals surface area contributed by atoms with E-state index in [-0.39, 0.29) is 25.1 Å². The van der Waals surface area contributed by atoms with Crippen LogP contribution in [0, 0.1) is 0 Å². The number of imide groups is 2. The van der Waals surface area contributed by atoms with Crippen molar-refractivity contribution in [3.05, 3.63) is 41.4 Å². The van der Waals surface area contributed by atoms with Gasteiger partial charge in [0.1, 0.15) is 11.7 Å². The molecule has 176 valence electrons. The van der Waals surface area contributed by atoms with E-state index < -0.39 is 29.7 Å². The van der Waals surface area contributed by atoms with Crippen molar-refractivity contribution in [1.82, 2.24) is 25.3 Å². The van der Waals surface area contributed by atoms with Gasteiger partial charge in [0.15, 0.2) is 0 Å². The van der Waals surface area contributed by atoms with Crippen LogP contribution in [0.4, 0.5) is 5.69 Å². The van der Waals surface area contributed by atoms with Crippen molar-refractivity contribution in [2.45, 2.75) is 38.3 Å². The Hall–Kier alpha value is -4.02. The molecule has 1 aromatic heterocycles. The molecule has 11 nitrogen and oxygen atoms in total. The zero-order valence-corrected chi connectivity index (χ0v) is 18.9. The van der Waals surface area contributed by atoms with Crippen molar-refractivity contribution >= 4 is 29.3 Å². The molecule has 3 aliphatic heterocycles. The zero-order valence-electron chi connectivity index (χ0n) is 18.9. The minimum Gasteiger partial charge on any atom is -0.378 e. The molecular weight excluding hydrogens is 440 g/mol. The van der Waals surface area contributed by atoms with Crippen molar-refractivity contribution in [3.63, 3.8) is 0 Å². The fourth-order valence-corrected chi connectivity index (χ4v) is 4.58. The molecule has 4 amide bonds. The summed E-state index contributed by atoms with van der Waals surface area (Å²) in [5.41, 5.74) is 2.46. The van der Waals surface area contributed by atoms with E-state index in [4.69, 9.17) is 4.52 Å². The van der Waals surface area contributed by atoms with Crippen molar-refractivity contribution in [2.75, 3.05) is 25.5 Å². The summed E-state index contributed by atoms with van der Waals surface area (Å²) >= 11 is 0. The molecule has 0 radical (unpaired) electrons. The maximum atomic E-state index is 13.3. The number of hydrogen-bond donors (Lipinski definition) is 1. The Morgan fingerprint density at radius 2 is 1.97 bits per heavy atom. The SMILES string of the molecule is CN(C)c1cccc(-c2noc(CN3CCCC4=C3C(=O)N(C3CCC(=O)NC3=O)C4=O)n2)c1. The lowest BCUT2D eigenvalue weighted by atomic mass is 10.0. The van der Waals surface area contributed by atoms with Crippen LogP contribution in [0.1, 0.15) is 31.6 Å². The fraction of sp³-hybridized carbons (Fsp3) is 0.391. The second-order valence-electron chi connectivity index (χ2n) is 8.76. The molecule has 1 aromatic carbocycles. The van der Waals surface area contributed by atoms with Crippen LogP contribution in [0.15, 0.2) is 40.1 Å². The first kappa shape index (κ1) is 21.8. The maximum absolute atomic E-state index is 13.3. The highest BCUT2D eigenvalue weighted by atomic mass is 16.5. The second-order valence-corrected chi connectivity index (χ2v) is 8.76. The Balaban J connectivity index is 1.36. The number of amides is 4. The van der Waals surface area contributed by atoms with E-state index >= 15 is 0 Å². The van der Waals surface area contributed by atoms with Gasteiger partial charge in [-0.05, 0) is 31.4 Å². The molecular formula is C23H24N6O5. The predicted octanol–water partition coefficient (Wildman–Crippen LogP) is 0.826. The third-order valence-corrected chi connectivity index (χ3v) is 6.29. The number of anilines is 1. The number of rotatable bonds is 5. The van der Waals surface area contributed by atoms with Crippen LogP contribution in [-0.2, 0) is 25.7 Å². The number of piperidine rings is 1. The van der Waals surface area contributed by atoms with Crippen LogP contribution in [-0.4, -0.2) is 70.3 Å². The predicted molar refractivity (Wildman–Crippen MR) is 119 cm³/mol. The largest absolute Gasteiger partial charge is 0.378 e. The van der Waals surface area contributed by atoms with Crippen molar-refractivity contribution in [3.8, 4) is 11.4 Å². The number of nitrogens with zero attached hydrogens (tertiary/aromatic N) is 5. The number of carbonyl (C=O) groups is 4. The van der Waals surface area contributed by atoms with Gasteiger partial charge in [0.25, 0.3) is 11.8 Å². The van der Waals surface area contributed by atoms with Crippen LogP contribution in [0.5, 0.6) is 0 Å². The smallest absolute Gasteiger partial charge is 0.278 e. The number of hydrogen-bond acceptors (Lipinski definition) is 9. The van der Waals surface area contributed by atoms with Crippen LogP contribution in [0.3, 0.4) is 0 Å². The van der Waals surface area contributed by atoms with Gasteiger partial charge < -0.3 is 14.3 Å². The van der Waals surface area contributed by atoms with Gasteiger partial charge in [0.2, 0.25) is 23.5 Å². The molecule has 1 unspecified atom stereocenters.